The molecule has 30 heavy (non-hydrogen) atoms. The lowest BCUT2D eigenvalue weighted by atomic mass is 9.94. The van der Waals surface area contributed by atoms with E-state index in [-0.39, 0.29) is 17.9 Å². The third kappa shape index (κ3) is 4.76. The molecule has 0 aromatic heterocycles. The van der Waals surface area contributed by atoms with Gasteiger partial charge in [0, 0.05) is 19.0 Å². The number of piperidine rings is 1. The van der Waals surface area contributed by atoms with Crippen molar-refractivity contribution < 1.29 is 13.2 Å². The van der Waals surface area contributed by atoms with Gasteiger partial charge in [0.15, 0.2) is 0 Å². The number of amides is 1. The minimum absolute atomic E-state index is 0.00696. The lowest BCUT2D eigenvalue weighted by molar-refractivity contribution is -0.126. The molecule has 162 valence electrons. The predicted octanol–water partition coefficient (Wildman–Crippen LogP) is 4.20. The highest BCUT2D eigenvalue weighted by Gasteiger charge is 2.32. The molecule has 1 unspecified atom stereocenters. The molecule has 1 heterocycles. The molecule has 1 saturated heterocycles. The zero-order valence-corrected chi connectivity index (χ0v) is 19.3. The standard InChI is InChI=1S/C24H32N2O3S/c1-16-6-8-22(9-7-16)30(28,29)26-12-10-21(11-13-26)24(27)25-20(5)23-15-18(3)17(2)14-19(23)4/h6-9,14-15,20-21H,10-13H2,1-5H3,(H,25,27). The van der Waals surface area contributed by atoms with E-state index in [1.54, 1.807) is 12.1 Å². The number of benzene rings is 2. The molecule has 2 aromatic rings. The van der Waals surface area contributed by atoms with Gasteiger partial charge in [-0.3, -0.25) is 4.79 Å². The summed E-state index contributed by atoms with van der Waals surface area (Å²) in [5, 5.41) is 3.14. The van der Waals surface area contributed by atoms with Crippen LogP contribution in [0.1, 0.15) is 53.6 Å². The van der Waals surface area contributed by atoms with Crippen LogP contribution in [-0.2, 0) is 14.8 Å². The molecule has 6 heteroatoms. The second-order valence-corrected chi connectivity index (χ2v) is 10.5. The topological polar surface area (TPSA) is 66.5 Å². The monoisotopic (exact) mass is 428 g/mol. The van der Waals surface area contributed by atoms with Gasteiger partial charge in [-0.25, -0.2) is 8.42 Å². The van der Waals surface area contributed by atoms with Crippen molar-refractivity contribution in [1.29, 1.82) is 0 Å². The molecule has 5 nitrogen and oxygen atoms in total. The highest BCUT2D eigenvalue weighted by atomic mass is 32.2. The van der Waals surface area contributed by atoms with Crippen LogP contribution in [0.2, 0.25) is 0 Å². The third-order valence-electron chi connectivity index (χ3n) is 6.19. The number of sulfonamides is 1. The van der Waals surface area contributed by atoms with Gasteiger partial charge in [-0.2, -0.15) is 4.31 Å². The summed E-state index contributed by atoms with van der Waals surface area (Å²) in [4.78, 5) is 13.1. The van der Waals surface area contributed by atoms with Gasteiger partial charge in [-0.05, 0) is 81.8 Å². The number of carbonyl (C=O) groups excluding carboxylic acids is 1. The van der Waals surface area contributed by atoms with Gasteiger partial charge in [-0.1, -0.05) is 29.8 Å². The first kappa shape index (κ1) is 22.5. The van der Waals surface area contributed by atoms with Gasteiger partial charge in [-0.15, -0.1) is 0 Å². The average Bonchev–Trinajstić information content (AvgIpc) is 2.71. The Labute approximate surface area is 180 Å². The summed E-state index contributed by atoms with van der Waals surface area (Å²) in [5.74, 6) is -0.156. The minimum atomic E-state index is -3.51. The minimum Gasteiger partial charge on any atom is -0.349 e. The summed E-state index contributed by atoms with van der Waals surface area (Å²) in [7, 11) is -3.51. The van der Waals surface area contributed by atoms with Gasteiger partial charge in [0.25, 0.3) is 0 Å². The second kappa shape index (κ2) is 8.90. The van der Waals surface area contributed by atoms with Crippen LogP contribution in [0.25, 0.3) is 0 Å². The maximum Gasteiger partial charge on any atom is 0.243 e. The molecule has 1 N–H and O–H groups in total. The maximum atomic E-state index is 12.9. The first-order chi connectivity index (χ1) is 14.1. The van der Waals surface area contributed by atoms with Crippen LogP contribution in [0.5, 0.6) is 0 Å². The van der Waals surface area contributed by atoms with Crippen LogP contribution in [0.3, 0.4) is 0 Å². The zero-order chi connectivity index (χ0) is 22.1. The highest BCUT2D eigenvalue weighted by Crippen LogP contribution is 2.26. The van der Waals surface area contributed by atoms with E-state index in [2.05, 4.69) is 38.2 Å². The Morgan fingerprint density at radius 2 is 1.53 bits per heavy atom. The van der Waals surface area contributed by atoms with Gasteiger partial charge >= 0.3 is 0 Å². The van der Waals surface area contributed by atoms with Crippen molar-refractivity contribution in [2.45, 2.75) is 58.4 Å². The Morgan fingerprint density at radius 1 is 0.967 bits per heavy atom. The number of rotatable bonds is 5. The van der Waals surface area contributed by atoms with Crippen LogP contribution in [-0.4, -0.2) is 31.7 Å². The van der Waals surface area contributed by atoms with E-state index in [1.807, 2.05) is 26.0 Å². The van der Waals surface area contributed by atoms with Crippen LogP contribution in [0.4, 0.5) is 0 Å². The molecule has 0 bridgehead atoms. The third-order valence-corrected chi connectivity index (χ3v) is 8.10. The molecule has 3 rings (SSSR count). The van der Waals surface area contributed by atoms with E-state index in [0.717, 1.165) is 11.1 Å². The quantitative estimate of drug-likeness (QED) is 0.776. The van der Waals surface area contributed by atoms with E-state index in [4.69, 9.17) is 0 Å². The lowest BCUT2D eigenvalue weighted by Crippen LogP contribution is -2.43. The summed E-state index contributed by atoms with van der Waals surface area (Å²) in [6.07, 6.45) is 1.07. The lowest BCUT2D eigenvalue weighted by Gasteiger charge is -2.31. The molecule has 0 saturated carbocycles. The van der Waals surface area contributed by atoms with Crippen molar-refractivity contribution in [2.24, 2.45) is 5.92 Å². The van der Waals surface area contributed by atoms with Crippen LogP contribution >= 0.6 is 0 Å². The van der Waals surface area contributed by atoms with Crippen molar-refractivity contribution in [3.05, 3.63) is 64.2 Å². The van der Waals surface area contributed by atoms with E-state index in [0.29, 0.717) is 30.8 Å². The first-order valence-corrected chi connectivity index (χ1v) is 12.0. The van der Waals surface area contributed by atoms with Crippen molar-refractivity contribution in [3.8, 4) is 0 Å². The van der Waals surface area contributed by atoms with Crippen molar-refractivity contribution in [3.63, 3.8) is 0 Å². The molecular weight excluding hydrogens is 396 g/mol. The Bertz CT molecular complexity index is 1020. The average molecular weight is 429 g/mol. The molecule has 0 spiro atoms. The number of carbonyl (C=O) groups is 1. The second-order valence-electron chi connectivity index (χ2n) is 8.51. The molecule has 1 fully saturated rings. The van der Waals surface area contributed by atoms with Crippen LogP contribution in [0, 0.1) is 33.6 Å². The van der Waals surface area contributed by atoms with Crippen LogP contribution in [0.15, 0.2) is 41.3 Å². The highest BCUT2D eigenvalue weighted by molar-refractivity contribution is 7.89. The molecule has 1 atom stereocenters. The van der Waals surface area contributed by atoms with Crippen molar-refractivity contribution in [2.75, 3.05) is 13.1 Å². The Balaban J connectivity index is 1.61. The molecular formula is C24H32N2O3S. The smallest absolute Gasteiger partial charge is 0.243 e. The molecule has 2 aromatic carbocycles. The molecule has 1 aliphatic rings. The van der Waals surface area contributed by atoms with Gasteiger partial charge < -0.3 is 5.32 Å². The first-order valence-electron chi connectivity index (χ1n) is 10.5. The summed E-state index contributed by atoms with van der Waals surface area (Å²) in [6.45, 7) is 10.9. The normalized spacial score (nSPS) is 17.0. The fourth-order valence-electron chi connectivity index (χ4n) is 4.08. The number of hydrogen-bond donors (Lipinski definition) is 1. The zero-order valence-electron chi connectivity index (χ0n) is 18.5. The summed E-state index contributed by atoms with van der Waals surface area (Å²) < 4.78 is 27.2. The van der Waals surface area contributed by atoms with E-state index in [1.165, 1.54) is 21.0 Å². The van der Waals surface area contributed by atoms with E-state index in [9.17, 15) is 13.2 Å². The van der Waals surface area contributed by atoms with Gasteiger partial charge in [0.05, 0.1) is 10.9 Å². The number of aryl methyl sites for hydroxylation is 4. The van der Waals surface area contributed by atoms with Gasteiger partial charge in [0.2, 0.25) is 15.9 Å². The van der Waals surface area contributed by atoms with Crippen molar-refractivity contribution in [1.82, 2.24) is 9.62 Å². The fraction of sp³-hybridized carbons (Fsp3) is 0.458. The maximum absolute atomic E-state index is 12.9. The largest absolute Gasteiger partial charge is 0.349 e. The van der Waals surface area contributed by atoms with E-state index >= 15 is 0 Å². The number of nitrogens with one attached hydrogen (secondary N) is 1. The fourth-order valence-corrected chi connectivity index (χ4v) is 5.55. The molecule has 0 aliphatic carbocycles. The molecule has 1 amide bonds. The van der Waals surface area contributed by atoms with E-state index < -0.39 is 10.0 Å². The SMILES string of the molecule is Cc1ccc(S(=O)(=O)N2CCC(C(=O)NC(C)c3cc(C)c(C)cc3C)CC2)cc1. The van der Waals surface area contributed by atoms with Gasteiger partial charge in [0.1, 0.15) is 0 Å². The number of hydrogen-bond acceptors (Lipinski definition) is 3. The number of nitrogens with zero attached hydrogens (tertiary/aromatic N) is 1. The Kier molecular flexibility index (Phi) is 6.68. The van der Waals surface area contributed by atoms with Crippen LogP contribution < -0.4 is 5.32 Å². The molecule has 0 radical (unpaired) electrons. The summed E-state index contributed by atoms with van der Waals surface area (Å²) >= 11 is 0. The Morgan fingerprint density at radius 3 is 2.13 bits per heavy atom. The predicted molar refractivity (Wildman–Crippen MR) is 120 cm³/mol. The summed E-state index contributed by atoms with van der Waals surface area (Å²) in [5.41, 5.74) is 5.79. The summed E-state index contributed by atoms with van der Waals surface area (Å²) in [6, 6.07) is 11.1. The molecule has 1 aliphatic heterocycles. The van der Waals surface area contributed by atoms with Crippen molar-refractivity contribution >= 4 is 15.9 Å². The Hall–Kier alpha value is -2.18.